The molecule has 0 bridgehead atoms. The zero-order valence-electron chi connectivity index (χ0n) is 27.5. The first-order valence-electron chi connectivity index (χ1n) is 16.3. The average molecular weight is 660 g/mol. The van der Waals surface area contributed by atoms with Gasteiger partial charge >= 0.3 is 11.8 Å². The van der Waals surface area contributed by atoms with Crippen molar-refractivity contribution < 1.29 is 13.9 Å². The van der Waals surface area contributed by atoms with E-state index in [2.05, 4.69) is 9.97 Å². The van der Waals surface area contributed by atoms with Crippen LogP contribution in [0.5, 0.6) is 0 Å². The Morgan fingerprint density at radius 2 is 1.64 bits per heavy atom. The molecule has 12 heteroatoms. The molecule has 3 aromatic heterocycles. The van der Waals surface area contributed by atoms with Crippen LogP contribution >= 0.6 is 11.6 Å². The predicted octanol–water partition coefficient (Wildman–Crippen LogP) is 6.93. The molecule has 1 amide bonds. The fourth-order valence-corrected chi connectivity index (χ4v) is 6.73. The standard InChI is InChI=1S/C35H39ClFN7O3/c1-18-7-12-26(37)23(13-18)29-25(36)14-24-31(42-15-20(3)43(16-19(42)2)34(46)47-35(4,5)6)41-33(45)44(32(24)40-29)30-27(21-8-9-21)38-17-39-28(30)22-10-11-22/h7,12-14,17,19-22H,8-11,15-16H2,1-6H3/t19-,20+/m0/s1. The molecule has 2 saturated carbocycles. The summed E-state index contributed by atoms with van der Waals surface area (Å²) in [6, 6.07) is 6.06. The number of fused-ring (bicyclic) bond motifs is 1. The van der Waals surface area contributed by atoms with E-state index in [-0.39, 0.29) is 46.3 Å². The summed E-state index contributed by atoms with van der Waals surface area (Å²) in [5.41, 5.74) is 2.75. The van der Waals surface area contributed by atoms with E-state index in [0.717, 1.165) is 42.6 Å². The lowest BCUT2D eigenvalue weighted by Crippen LogP contribution is -2.59. The molecule has 3 fully saturated rings. The van der Waals surface area contributed by atoms with Crippen molar-refractivity contribution in [3.8, 4) is 16.9 Å². The summed E-state index contributed by atoms with van der Waals surface area (Å²) in [7, 11) is 0. The maximum absolute atomic E-state index is 15.3. The topological polar surface area (TPSA) is 106 Å². The number of carbonyl (C=O) groups is 1. The number of hydrogen-bond donors (Lipinski definition) is 0. The molecule has 2 aliphatic carbocycles. The number of aromatic nitrogens is 5. The highest BCUT2D eigenvalue weighted by Gasteiger charge is 2.39. The quantitative estimate of drug-likeness (QED) is 0.227. The van der Waals surface area contributed by atoms with E-state index in [1.54, 1.807) is 29.4 Å². The lowest BCUT2D eigenvalue weighted by molar-refractivity contribution is 0.0130. The van der Waals surface area contributed by atoms with Crippen LogP contribution in [0.2, 0.25) is 5.02 Å². The predicted molar refractivity (Wildman–Crippen MR) is 179 cm³/mol. The van der Waals surface area contributed by atoms with E-state index < -0.39 is 17.1 Å². The molecule has 0 radical (unpaired) electrons. The molecule has 0 unspecified atom stereocenters. The molecule has 7 rings (SSSR count). The molecule has 0 N–H and O–H groups in total. The molecule has 1 aromatic carbocycles. The number of ether oxygens (including phenoxy) is 1. The number of aryl methyl sites for hydroxylation is 1. The molecule has 2 atom stereocenters. The summed E-state index contributed by atoms with van der Waals surface area (Å²) in [6.45, 7) is 12.1. The van der Waals surface area contributed by atoms with Crippen molar-refractivity contribution >= 4 is 34.5 Å². The monoisotopic (exact) mass is 659 g/mol. The maximum Gasteiger partial charge on any atom is 0.410 e. The van der Waals surface area contributed by atoms with E-state index in [0.29, 0.717) is 35.6 Å². The van der Waals surface area contributed by atoms with Crippen LogP contribution in [0, 0.1) is 12.7 Å². The summed E-state index contributed by atoms with van der Waals surface area (Å²) in [5, 5.41) is 0.779. The summed E-state index contributed by atoms with van der Waals surface area (Å²) < 4.78 is 22.5. The second kappa shape index (κ2) is 11.5. The van der Waals surface area contributed by atoms with Gasteiger partial charge in [0.15, 0.2) is 5.65 Å². The number of carbonyl (C=O) groups excluding carboxylic acids is 1. The molecule has 4 aromatic rings. The van der Waals surface area contributed by atoms with Crippen LogP contribution in [0.15, 0.2) is 35.4 Å². The molecule has 3 aliphatic rings. The number of anilines is 1. The van der Waals surface area contributed by atoms with E-state index >= 15 is 4.39 Å². The first-order valence-corrected chi connectivity index (χ1v) is 16.7. The number of hydrogen-bond acceptors (Lipinski definition) is 8. The van der Waals surface area contributed by atoms with Gasteiger partial charge in [-0.25, -0.2) is 33.5 Å². The zero-order chi connectivity index (χ0) is 33.4. The van der Waals surface area contributed by atoms with Gasteiger partial charge in [0, 0.05) is 42.6 Å². The number of benzene rings is 1. The largest absolute Gasteiger partial charge is 0.444 e. The van der Waals surface area contributed by atoms with Gasteiger partial charge < -0.3 is 14.5 Å². The third-order valence-corrected chi connectivity index (χ3v) is 9.38. The third-order valence-electron chi connectivity index (χ3n) is 9.10. The highest BCUT2D eigenvalue weighted by atomic mass is 35.5. The number of amides is 1. The first-order chi connectivity index (χ1) is 22.3. The zero-order valence-corrected chi connectivity index (χ0v) is 28.3. The van der Waals surface area contributed by atoms with Crippen LogP contribution in [0.25, 0.3) is 28.0 Å². The smallest absolute Gasteiger partial charge is 0.410 e. The Bertz CT molecular complexity index is 1940. The fraction of sp³-hybridized carbons (Fsp3) is 0.486. The average Bonchev–Trinajstić information content (AvgIpc) is 3.92. The molecule has 1 aliphatic heterocycles. The molecule has 1 saturated heterocycles. The van der Waals surface area contributed by atoms with Crippen molar-refractivity contribution in [2.45, 2.75) is 96.7 Å². The molecular weight excluding hydrogens is 621 g/mol. The van der Waals surface area contributed by atoms with Gasteiger partial charge in [0.05, 0.1) is 33.2 Å². The normalized spacial score (nSPS) is 20.2. The Balaban J connectivity index is 1.44. The second-order valence-electron chi connectivity index (χ2n) is 14.3. The van der Waals surface area contributed by atoms with Crippen LogP contribution in [0.4, 0.5) is 15.0 Å². The lowest BCUT2D eigenvalue weighted by atomic mass is 10.1. The number of halogens is 2. The number of rotatable bonds is 5. The van der Waals surface area contributed by atoms with Crippen LogP contribution in [0.1, 0.15) is 89.1 Å². The maximum atomic E-state index is 15.3. The minimum atomic E-state index is -0.629. The van der Waals surface area contributed by atoms with Crippen molar-refractivity contribution in [3.63, 3.8) is 0 Å². The highest BCUT2D eigenvalue weighted by molar-refractivity contribution is 6.33. The van der Waals surface area contributed by atoms with Crippen LogP contribution < -0.4 is 10.6 Å². The minimum absolute atomic E-state index is 0.218. The van der Waals surface area contributed by atoms with Crippen LogP contribution in [-0.2, 0) is 4.74 Å². The van der Waals surface area contributed by atoms with Gasteiger partial charge in [-0.1, -0.05) is 23.2 Å². The Labute approximate surface area is 278 Å². The fourth-order valence-electron chi connectivity index (χ4n) is 6.48. The van der Waals surface area contributed by atoms with Gasteiger partial charge in [0.25, 0.3) is 0 Å². The lowest BCUT2D eigenvalue weighted by Gasteiger charge is -2.44. The van der Waals surface area contributed by atoms with Gasteiger partial charge in [-0.2, -0.15) is 4.98 Å². The van der Waals surface area contributed by atoms with Gasteiger partial charge in [0.1, 0.15) is 23.6 Å². The van der Waals surface area contributed by atoms with Gasteiger partial charge in [-0.15, -0.1) is 0 Å². The Kier molecular flexibility index (Phi) is 7.73. The Hall–Kier alpha value is -4.12. The number of piperazine rings is 1. The molecule has 10 nitrogen and oxygen atoms in total. The van der Waals surface area contributed by atoms with Gasteiger partial charge in [-0.05, 0) is 85.4 Å². The Morgan fingerprint density at radius 3 is 2.26 bits per heavy atom. The first kappa shape index (κ1) is 31.5. The molecule has 47 heavy (non-hydrogen) atoms. The van der Waals surface area contributed by atoms with Crippen LogP contribution in [0.3, 0.4) is 0 Å². The number of pyridine rings is 1. The van der Waals surface area contributed by atoms with E-state index in [1.165, 1.54) is 10.6 Å². The van der Waals surface area contributed by atoms with Crippen molar-refractivity contribution in [2.24, 2.45) is 0 Å². The van der Waals surface area contributed by atoms with E-state index in [9.17, 15) is 9.59 Å². The van der Waals surface area contributed by atoms with E-state index in [4.69, 9.17) is 26.3 Å². The molecule has 0 spiro atoms. The van der Waals surface area contributed by atoms with Crippen molar-refractivity contribution in [3.05, 3.63) is 68.9 Å². The minimum Gasteiger partial charge on any atom is -0.444 e. The Morgan fingerprint density at radius 1 is 0.979 bits per heavy atom. The summed E-state index contributed by atoms with van der Waals surface area (Å²) in [6.07, 6.45) is 5.10. The third kappa shape index (κ3) is 5.94. The summed E-state index contributed by atoms with van der Waals surface area (Å²) >= 11 is 6.93. The van der Waals surface area contributed by atoms with Crippen molar-refractivity contribution in [2.75, 3.05) is 18.0 Å². The second-order valence-corrected chi connectivity index (χ2v) is 14.7. The molecule has 4 heterocycles. The number of nitrogens with zero attached hydrogens (tertiary/aromatic N) is 7. The van der Waals surface area contributed by atoms with Crippen molar-refractivity contribution in [1.29, 1.82) is 0 Å². The summed E-state index contributed by atoms with van der Waals surface area (Å²) in [5.74, 6) is 0.381. The highest BCUT2D eigenvalue weighted by Crippen LogP contribution is 2.47. The van der Waals surface area contributed by atoms with Crippen molar-refractivity contribution in [1.82, 2.24) is 29.4 Å². The SMILES string of the molecule is Cc1ccc(F)c(-c2nc3c(cc2Cl)c(N2C[C@@H](C)N(C(=O)OC(C)(C)C)C[C@@H]2C)nc(=O)n3-c2c(C3CC3)ncnc2C2CC2)c1. The molecular formula is C35H39ClFN7O3. The van der Waals surface area contributed by atoms with Crippen LogP contribution in [-0.4, -0.2) is 66.3 Å². The van der Waals surface area contributed by atoms with Gasteiger partial charge in [0.2, 0.25) is 0 Å². The summed E-state index contributed by atoms with van der Waals surface area (Å²) in [4.78, 5) is 50.3. The molecule has 246 valence electrons. The van der Waals surface area contributed by atoms with Gasteiger partial charge in [-0.3, -0.25) is 0 Å². The van der Waals surface area contributed by atoms with E-state index in [1.807, 2.05) is 46.4 Å².